The molecule has 4 heteroatoms. The third-order valence-electron chi connectivity index (χ3n) is 3.56. The van der Waals surface area contributed by atoms with Crippen molar-refractivity contribution in [2.24, 2.45) is 0 Å². The lowest BCUT2D eigenvalue weighted by Gasteiger charge is -2.21. The zero-order valence-electron chi connectivity index (χ0n) is 11.2. The minimum absolute atomic E-state index is 0.634. The van der Waals surface area contributed by atoms with E-state index in [2.05, 4.69) is 11.0 Å². The summed E-state index contributed by atoms with van der Waals surface area (Å²) in [6.45, 7) is 2.48. The van der Waals surface area contributed by atoms with Gasteiger partial charge in [-0.05, 0) is 42.3 Å². The van der Waals surface area contributed by atoms with E-state index in [0.717, 1.165) is 36.0 Å². The summed E-state index contributed by atoms with van der Waals surface area (Å²) in [6.07, 6.45) is 1.06. The fourth-order valence-corrected chi connectivity index (χ4v) is 2.72. The zero-order valence-corrected chi connectivity index (χ0v) is 11.9. The van der Waals surface area contributed by atoms with Crippen LogP contribution < -0.4 is 15.4 Å². The number of hydrogen-bond acceptors (Lipinski definition) is 3. The highest BCUT2D eigenvalue weighted by molar-refractivity contribution is 6.30. The van der Waals surface area contributed by atoms with Crippen molar-refractivity contribution in [2.45, 2.75) is 6.42 Å². The van der Waals surface area contributed by atoms with Crippen LogP contribution >= 0.6 is 11.6 Å². The molecule has 2 N–H and O–H groups in total. The van der Waals surface area contributed by atoms with Gasteiger partial charge in [-0.25, -0.2) is 0 Å². The van der Waals surface area contributed by atoms with Gasteiger partial charge in [-0.1, -0.05) is 23.7 Å². The highest BCUT2D eigenvalue weighted by Crippen LogP contribution is 2.33. The van der Waals surface area contributed by atoms with Gasteiger partial charge in [-0.3, -0.25) is 0 Å². The summed E-state index contributed by atoms with van der Waals surface area (Å²) in [7, 11) is 0. The van der Waals surface area contributed by atoms with Crippen LogP contribution in [0, 0.1) is 0 Å². The minimum Gasteiger partial charge on any atom is -0.492 e. The number of halogens is 1. The number of anilines is 2. The van der Waals surface area contributed by atoms with Gasteiger partial charge in [0.15, 0.2) is 0 Å². The number of nitrogen functional groups attached to an aromatic ring is 1. The number of nitrogens with two attached hydrogens (primary N) is 1. The van der Waals surface area contributed by atoms with Crippen LogP contribution in [0.1, 0.15) is 5.56 Å². The first-order chi connectivity index (χ1) is 9.74. The molecule has 3 rings (SSSR count). The molecule has 0 saturated heterocycles. The Balaban J connectivity index is 1.60. The Labute approximate surface area is 123 Å². The molecule has 0 spiro atoms. The van der Waals surface area contributed by atoms with Gasteiger partial charge in [0.25, 0.3) is 0 Å². The van der Waals surface area contributed by atoms with Crippen molar-refractivity contribution >= 4 is 23.0 Å². The maximum Gasteiger partial charge on any atom is 0.119 e. The second-order valence-electron chi connectivity index (χ2n) is 4.89. The average molecular weight is 289 g/mol. The molecule has 0 amide bonds. The number of rotatable bonds is 4. The highest BCUT2D eigenvalue weighted by Gasteiger charge is 2.20. The first kappa shape index (κ1) is 13.1. The number of ether oxygens (including phenoxy) is 1. The molecule has 3 nitrogen and oxygen atoms in total. The molecule has 1 aliphatic rings. The highest BCUT2D eigenvalue weighted by atomic mass is 35.5. The van der Waals surface area contributed by atoms with E-state index in [1.807, 2.05) is 36.4 Å². The summed E-state index contributed by atoms with van der Waals surface area (Å²) in [4.78, 5) is 2.29. The van der Waals surface area contributed by atoms with Crippen LogP contribution in [0.5, 0.6) is 5.75 Å². The molecule has 20 heavy (non-hydrogen) atoms. The fourth-order valence-electron chi connectivity index (χ4n) is 2.59. The van der Waals surface area contributed by atoms with Crippen LogP contribution in [0.4, 0.5) is 11.4 Å². The third kappa shape index (κ3) is 2.68. The van der Waals surface area contributed by atoms with E-state index in [9.17, 15) is 0 Å². The van der Waals surface area contributed by atoms with Crippen LogP contribution in [-0.2, 0) is 6.42 Å². The zero-order chi connectivity index (χ0) is 13.9. The van der Waals surface area contributed by atoms with E-state index in [1.165, 1.54) is 11.3 Å². The molecular weight excluding hydrogens is 272 g/mol. The molecule has 0 aliphatic carbocycles. The molecule has 0 saturated carbocycles. The molecule has 0 aromatic heterocycles. The first-order valence-electron chi connectivity index (χ1n) is 6.75. The molecule has 0 unspecified atom stereocenters. The van der Waals surface area contributed by atoms with Crippen LogP contribution in [0.3, 0.4) is 0 Å². The Hall–Kier alpha value is -1.87. The molecule has 0 fully saturated rings. The van der Waals surface area contributed by atoms with Crippen LogP contribution in [-0.4, -0.2) is 19.7 Å². The largest absolute Gasteiger partial charge is 0.492 e. The number of benzene rings is 2. The molecule has 104 valence electrons. The van der Waals surface area contributed by atoms with E-state index in [-0.39, 0.29) is 0 Å². The van der Waals surface area contributed by atoms with E-state index in [4.69, 9.17) is 22.1 Å². The standard InChI is InChI=1S/C16H17ClN2O/c17-13-4-6-14(7-5-13)20-11-10-19-9-8-12-2-1-3-15(18)16(12)19/h1-7H,8-11,18H2. The summed E-state index contributed by atoms with van der Waals surface area (Å²) >= 11 is 5.85. The molecule has 0 bridgehead atoms. The van der Waals surface area contributed by atoms with Crippen molar-refractivity contribution in [1.29, 1.82) is 0 Å². The first-order valence-corrected chi connectivity index (χ1v) is 7.12. The molecule has 1 aliphatic heterocycles. The van der Waals surface area contributed by atoms with Crippen molar-refractivity contribution < 1.29 is 4.74 Å². The predicted octanol–water partition coefficient (Wildman–Crippen LogP) is 3.36. The molecular formula is C16H17ClN2O. The maximum absolute atomic E-state index is 6.06. The minimum atomic E-state index is 0.634. The summed E-state index contributed by atoms with van der Waals surface area (Å²) in [5.74, 6) is 0.842. The van der Waals surface area contributed by atoms with Gasteiger partial charge >= 0.3 is 0 Å². The van der Waals surface area contributed by atoms with Crippen molar-refractivity contribution in [1.82, 2.24) is 0 Å². The van der Waals surface area contributed by atoms with Crippen molar-refractivity contribution in [3.8, 4) is 5.75 Å². The lowest BCUT2D eigenvalue weighted by atomic mass is 10.1. The summed E-state index contributed by atoms with van der Waals surface area (Å²) in [6, 6.07) is 13.5. The Bertz CT molecular complexity index is 598. The second-order valence-corrected chi connectivity index (χ2v) is 5.33. The number of nitrogens with zero attached hydrogens (tertiary/aromatic N) is 1. The van der Waals surface area contributed by atoms with Gasteiger partial charge in [0, 0.05) is 11.6 Å². The van der Waals surface area contributed by atoms with Crippen molar-refractivity contribution in [2.75, 3.05) is 30.3 Å². The van der Waals surface area contributed by atoms with Gasteiger partial charge in [0.05, 0.1) is 17.9 Å². The van der Waals surface area contributed by atoms with E-state index in [1.54, 1.807) is 0 Å². The molecule has 0 atom stereocenters. The van der Waals surface area contributed by atoms with Gasteiger partial charge in [0.1, 0.15) is 12.4 Å². The Morgan fingerprint density at radius 2 is 1.95 bits per heavy atom. The summed E-state index contributed by atoms with van der Waals surface area (Å²) < 4.78 is 5.74. The average Bonchev–Trinajstić information content (AvgIpc) is 2.86. The van der Waals surface area contributed by atoms with Crippen molar-refractivity contribution in [3.05, 3.63) is 53.1 Å². The molecule has 2 aromatic rings. The fraction of sp³-hybridized carbons (Fsp3) is 0.250. The van der Waals surface area contributed by atoms with Crippen molar-refractivity contribution in [3.63, 3.8) is 0 Å². The van der Waals surface area contributed by atoms with E-state index >= 15 is 0 Å². The summed E-state index contributed by atoms with van der Waals surface area (Å²) in [5.41, 5.74) is 9.42. The Morgan fingerprint density at radius 3 is 2.75 bits per heavy atom. The van der Waals surface area contributed by atoms with Crippen LogP contribution in [0.2, 0.25) is 5.02 Å². The Morgan fingerprint density at radius 1 is 1.15 bits per heavy atom. The topological polar surface area (TPSA) is 38.5 Å². The molecule has 0 radical (unpaired) electrons. The Kier molecular flexibility index (Phi) is 3.70. The lowest BCUT2D eigenvalue weighted by molar-refractivity contribution is 0.324. The predicted molar refractivity (Wildman–Crippen MR) is 83.7 cm³/mol. The van der Waals surface area contributed by atoms with Gasteiger partial charge in [0.2, 0.25) is 0 Å². The van der Waals surface area contributed by atoms with Crippen LogP contribution in [0.25, 0.3) is 0 Å². The van der Waals surface area contributed by atoms with E-state index in [0.29, 0.717) is 6.61 Å². The van der Waals surface area contributed by atoms with Crippen LogP contribution in [0.15, 0.2) is 42.5 Å². The molecule has 2 aromatic carbocycles. The molecule has 1 heterocycles. The summed E-state index contributed by atoms with van der Waals surface area (Å²) in [5, 5.41) is 0.721. The maximum atomic E-state index is 6.06. The SMILES string of the molecule is Nc1cccc2c1N(CCOc1ccc(Cl)cc1)CC2. The van der Waals surface area contributed by atoms with Gasteiger partial charge in [-0.2, -0.15) is 0 Å². The monoisotopic (exact) mass is 288 g/mol. The number of para-hydroxylation sites is 1. The van der Waals surface area contributed by atoms with Gasteiger partial charge in [-0.15, -0.1) is 0 Å². The normalized spacial score (nSPS) is 13.3. The third-order valence-corrected chi connectivity index (χ3v) is 3.81. The second kappa shape index (κ2) is 5.63. The quantitative estimate of drug-likeness (QED) is 0.877. The van der Waals surface area contributed by atoms with Gasteiger partial charge < -0.3 is 15.4 Å². The number of hydrogen-bond donors (Lipinski definition) is 1. The van der Waals surface area contributed by atoms with E-state index < -0.39 is 0 Å². The lowest BCUT2D eigenvalue weighted by Crippen LogP contribution is -2.26. The smallest absolute Gasteiger partial charge is 0.119 e. The number of fused-ring (bicyclic) bond motifs is 1.